The quantitative estimate of drug-likeness (QED) is 0.677. The molecule has 1 fully saturated rings. The first-order valence-electron chi connectivity index (χ1n) is 9.46. The van der Waals surface area contributed by atoms with Crippen molar-refractivity contribution in [2.45, 2.75) is 45.4 Å². The number of nitrogens with zero attached hydrogens (tertiary/aromatic N) is 2. The predicted molar refractivity (Wildman–Crippen MR) is 108 cm³/mol. The molecule has 1 amide bonds. The molecule has 0 radical (unpaired) electrons. The molecule has 1 aromatic heterocycles. The number of hydrogen-bond acceptors (Lipinski definition) is 4. The second-order valence-electron chi connectivity index (χ2n) is 6.69. The number of carbonyl (C=O) groups is 1. The van der Waals surface area contributed by atoms with Crippen molar-refractivity contribution in [1.82, 2.24) is 20.4 Å². The smallest absolute Gasteiger partial charge is 0.272 e. The lowest BCUT2D eigenvalue weighted by Crippen LogP contribution is -2.32. The van der Waals surface area contributed by atoms with Crippen LogP contribution in [0.15, 0.2) is 36.5 Å². The number of benzene rings is 1. The van der Waals surface area contributed by atoms with E-state index in [1.54, 1.807) is 6.07 Å². The molecule has 2 N–H and O–H groups in total. The van der Waals surface area contributed by atoms with E-state index >= 15 is 0 Å². The van der Waals surface area contributed by atoms with E-state index in [2.05, 4.69) is 22.7 Å². The van der Waals surface area contributed by atoms with Crippen LogP contribution in [-0.4, -0.2) is 35.4 Å². The molecule has 0 spiro atoms. The lowest BCUT2D eigenvalue weighted by atomic mass is 10.1. The van der Waals surface area contributed by atoms with Gasteiger partial charge in [-0.1, -0.05) is 31.2 Å². The normalized spacial score (nSPS) is 16.6. The highest BCUT2D eigenvalue weighted by Gasteiger charge is 2.17. The van der Waals surface area contributed by atoms with Crippen LogP contribution in [0, 0.1) is 0 Å². The summed E-state index contributed by atoms with van der Waals surface area (Å²) in [4.78, 5) is 12.5. The minimum Gasteiger partial charge on any atom is -0.377 e. The summed E-state index contributed by atoms with van der Waals surface area (Å²) in [5, 5.41) is 10.8. The summed E-state index contributed by atoms with van der Waals surface area (Å²) in [5.41, 5.74) is 2.66. The van der Waals surface area contributed by atoms with Crippen LogP contribution in [-0.2, 0) is 17.9 Å². The molecule has 1 aromatic carbocycles. The molecule has 1 aliphatic heterocycles. The van der Waals surface area contributed by atoms with E-state index in [0.717, 1.165) is 50.1 Å². The molecule has 148 valence electrons. The molecule has 2 aromatic rings. The van der Waals surface area contributed by atoms with Crippen molar-refractivity contribution in [1.29, 1.82) is 0 Å². The van der Waals surface area contributed by atoms with Gasteiger partial charge in [0.2, 0.25) is 0 Å². The van der Waals surface area contributed by atoms with Gasteiger partial charge in [0.1, 0.15) is 5.69 Å². The van der Waals surface area contributed by atoms with Crippen molar-refractivity contribution < 1.29 is 9.53 Å². The Morgan fingerprint density at radius 3 is 2.89 bits per heavy atom. The molecule has 0 saturated carbocycles. The lowest BCUT2D eigenvalue weighted by Gasteiger charge is -2.22. The molecule has 1 unspecified atom stereocenters. The average molecular weight is 393 g/mol. The Morgan fingerprint density at radius 2 is 2.15 bits per heavy atom. The Bertz CT molecular complexity index is 714. The monoisotopic (exact) mass is 392 g/mol. The number of aromatic nitrogens is 2. The fourth-order valence-corrected chi connectivity index (χ4v) is 3.19. The largest absolute Gasteiger partial charge is 0.377 e. The average Bonchev–Trinajstić information content (AvgIpc) is 3.18. The van der Waals surface area contributed by atoms with Gasteiger partial charge in [-0.3, -0.25) is 9.48 Å². The van der Waals surface area contributed by atoms with Crippen molar-refractivity contribution in [2.24, 2.45) is 0 Å². The molecule has 1 atom stereocenters. The van der Waals surface area contributed by atoms with Crippen molar-refractivity contribution in [3.63, 3.8) is 0 Å². The maximum absolute atomic E-state index is 12.5. The molecule has 7 heteroatoms. The van der Waals surface area contributed by atoms with E-state index in [9.17, 15) is 4.79 Å². The first-order chi connectivity index (χ1) is 12.8. The van der Waals surface area contributed by atoms with Gasteiger partial charge >= 0.3 is 0 Å². The van der Waals surface area contributed by atoms with Crippen molar-refractivity contribution >= 4 is 18.3 Å². The third-order valence-corrected chi connectivity index (χ3v) is 4.65. The minimum atomic E-state index is -0.142. The number of halogens is 1. The van der Waals surface area contributed by atoms with Crippen LogP contribution in [0.1, 0.15) is 53.8 Å². The van der Waals surface area contributed by atoms with Gasteiger partial charge in [0.05, 0.1) is 12.6 Å². The van der Waals surface area contributed by atoms with Gasteiger partial charge in [0, 0.05) is 25.9 Å². The SMILES string of the molecule is CCCOCc1ccccc1CNC(=O)c1ccn(C2CCCNC2)n1.Cl. The highest BCUT2D eigenvalue weighted by Crippen LogP contribution is 2.16. The number of piperidine rings is 1. The summed E-state index contributed by atoms with van der Waals surface area (Å²) in [6.45, 7) is 5.86. The summed E-state index contributed by atoms with van der Waals surface area (Å²) >= 11 is 0. The van der Waals surface area contributed by atoms with Gasteiger partial charge in [-0.15, -0.1) is 12.4 Å². The Labute approximate surface area is 167 Å². The number of rotatable bonds is 8. The van der Waals surface area contributed by atoms with Crippen LogP contribution in [0.2, 0.25) is 0 Å². The number of hydrogen-bond donors (Lipinski definition) is 2. The molecule has 1 aliphatic rings. The van der Waals surface area contributed by atoms with E-state index in [4.69, 9.17) is 4.74 Å². The van der Waals surface area contributed by atoms with Crippen molar-refractivity contribution in [3.8, 4) is 0 Å². The molecular weight excluding hydrogens is 364 g/mol. The lowest BCUT2D eigenvalue weighted by molar-refractivity contribution is 0.0943. The van der Waals surface area contributed by atoms with Gasteiger partial charge in [-0.05, 0) is 43.0 Å². The Kier molecular flexibility index (Phi) is 8.78. The molecule has 1 saturated heterocycles. The first-order valence-corrected chi connectivity index (χ1v) is 9.46. The van der Waals surface area contributed by atoms with Crippen LogP contribution in [0.25, 0.3) is 0 Å². The maximum Gasteiger partial charge on any atom is 0.272 e. The van der Waals surface area contributed by atoms with Crippen LogP contribution in [0.4, 0.5) is 0 Å². The third-order valence-electron chi connectivity index (χ3n) is 4.65. The number of nitrogens with one attached hydrogen (secondary N) is 2. The van der Waals surface area contributed by atoms with E-state index in [1.807, 2.05) is 35.1 Å². The number of carbonyl (C=O) groups excluding carboxylic acids is 1. The van der Waals surface area contributed by atoms with Gasteiger partial charge in [0.25, 0.3) is 5.91 Å². The highest BCUT2D eigenvalue weighted by molar-refractivity contribution is 5.92. The highest BCUT2D eigenvalue weighted by atomic mass is 35.5. The van der Waals surface area contributed by atoms with Crippen LogP contribution in [0.5, 0.6) is 0 Å². The molecule has 0 bridgehead atoms. The zero-order chi connectivity index (χ0) is 18.2. The summed E-state index contributed by atoms with van der Waals surface area (Å²) in [7, 11) is 0. The molecule has 2 heterocycles. The zero-order valence-electron chi connectivity index (χ0n) is 15.8. The molecular formula is C20H29ClN4O2. The van der Waals surface area contributed by atoms with Gasteiger partial charge < -0.3 is 15.4 Å². The van der Waals surface area contributed by atoms with Crippen molar-refractivity contribution in [2.75, 3.05) is 19.7 Å². The van der Waals surface area contributed by atoms with E-state index in [-0.39, 0.29) is 18.3 Å². The minimum absolute atomic E-state index is 0. The molecule has 0 aliphatic carbocycles. The molecule has 27 heavy (non-hydrogen) atoms. The van der Waals surface area contributed by atoms with Crippen molar-refractivity contribution in [3.05, 3.63) is 53.3 Å². The second kappa shape index (κ2) is 11.1. The summed E-state index contributed by atoms with van der Waals surface area (Å²) in [6.07, 6.45) is 5.14. The topological polar surface area (TPSA) is 68.2 Å². The summed E-state index contributed by atoms with van der Waals surface area (Å²) < 4.78 is 7.55. The zero-order valence-corrected chi connectivity index (χ0v) is 16.6. The number of amides is 1. The van der Waals surface area contributed by atoms with E-state index < -0.39 is 0 Å². The summed E-state index contributed by atoms with van der Waals surface area (Å²) in [6, 6.07) is 10.2. The van der Waals surface area contributed by atoms with Gasteiger partial charge in [-0.25, -0.2) is 0 Å². The first kappa shape index (κ1) is 21.4. The Balaban J connectivity index is 0.00000261. The van der Waals surface area contributed by atoms with Crippen LogP contribution in [0.3, 0.4) is 0 Å². The maximum atomic E-state index is 12.5. The molecule has 3 rings (SSSR count). The second-order valence-corrected chi connectivity index (χ2v) is 6.69. The van der Waals surface area contributed by atoms with E-state index in [1.165, 1.54) is 0 Å². The van der Waals surface area contributed by atoms with Gasteiger partial charge in [-0.2, -0.15) is 5.10 Å². The summed E-state index contributed by atoms with van der Waals surface area (Å²) in [5.74, 6) is -0.142. The Hall–Kier alpha value is -1.89. The standard InChI is InChI=1S/C20H28N4O2.ClH/c1-2-12-26-15-17-7-4-3-6-16(17)13-22-20(25)19-9-11-24(23-19)18-8-5-10-21-14-18;/h3-4,6-7,9,11,18,21H,2,5,8,10,12-15H2,1H3,(H,22,25);1H. The van der Waals surface area contributed by atoms with Gasteiger partial charge in [0.15, 0.2) is 0 Å². The number of ether oxygens (including phenoxy) is 1. The Morgan fingerprint density at radius 1 is 1.33 bits per heavy atom. The van der Waals surface area contributed by atoms with E-state index in [0.29, 0.717) is 24.9 Å². The fourth-order valence-electron chi connectivity index (χ4n) is 3.19. The molecule has 6 nitrogen and oxygen atoms in total. The third kappa shape index (κ3) is 6.06. The predicted octanol–water partition coefficient (Wildman–Crippen LogP) is 3.09. The fraction of sp³-hybridized carbons (Fsp3) is 0.500. The van der Waals surface area contributed by atoms with Crippen LogP contribution < -0.4 is 10.6 Å². The van der Waals surface area contributed by atoms with Crippen LogP contribution >= 0.6 is 12.4 Å².